The van der Waals surface area contributed by atoms with Gasteiger partial charge in [0, 0.05) is 5.02 Å². The van der Waals surface area contributed by atoms with Crippen LogP contribution in [-0.2, 0) is 10.1 Å². The smallest absolute Gasteiger partial charge is 0.332 e. The zero-order chi connectivity index (χ0) is 14.6. The Morgan fingerprint density at radius 2 is 1.70 bits per heavy atom. The number of benzene rings is 2. The van der Waals surface area contributed by atoms with Gasteiger partial charge in [-0.25, -0.2) is 0 Å². The molecule has 0 aliphatic heterocycles. The summed E-state index contributed by atoms with van der Waals surface area (Å²) in [6, 6.07) is 13.8. The average molecular weight is 309 g/mol. The fourth-order valence-corrected chi connectivity index (χ4v) is 2.48. The molecule has 0 N–H and O–H groups in total. The van der Waals surface area contributed by atoms with Crippen LogP contribution in [0.5, 0.6) is 5.75 Å². The Hall–Kier alpha value is -1.78. The van der Waals surface area contributed by atoms with E-state index in [1.54, 1.807) is 49.4 Å². The van der Waals surface area contributed by atoms with Gasteiger partial charge in [-0.3, -0.25) is 0 Å². The fourth-order valence-electron chi connectivity index (χ4n) is 1.54. The van der Waals surface area contributed by atoms with Crippen LogP contribution in [0.4, 0.5) is 0 Å². The lowest BCUT2D eigenvalue weighted by Crippen LogP contribution is -2.05. The van der Waals surface area contributed by atoms with Crippen LogP contribution < -0.4 is 4.18 Å². The van der Waals surface area contributed by atoms with E-state index >= 15 is 0 Å². The summed E-state index contributed by atoms with van der Waals surface area (Å²) in [7, 11) is -3.78. The zero-order valence-corrected chi connectivity index (χ0v) is 12.4. The van der Waals surface area contributed by atoms with Gasteiger partial charge in [-0.1, -0.05) is 41.9 Å². The molecule has 0 radical (unpaired) electrons. The lowest BCUT2D eigenvalue weighted by Gasteiger charge is -2.05. The normalized spacial score (nSPS) is 11.7. The highest BCUT2D eigenvalue weighted by Gasteiger charge is 2.09. The Morgan fingerprint density at radius 1 is 1.05 bits per heavy atom. The van der Waals surface area contributed by atoms with Crippen LogP contribution in [0.2, 0.25) is 5.02 Å². The topological polar surface area (TPSA) is 43.4 Å². The molecule has 5 heteroatoms. The van der Waals surface area contributed by atoms with Crippen molar-refractivity contribution in [3.05, 3.63) is 70.1 Å². The summed E-state index contributed by atoms with van der Waals surface area (Å²) in [4.78, 5) is 0. The fraction of sp³-hybridized carbons (Fsp3) is 0.0667. The van der Waals surface area contributed by atoms with Crippen molar-refractivity contribution in [3.8, 4) is 5.75 Å². The second-order valence-corrected chi connectivity index (χ2v) is 6.06. The summed E-state index contributed by atoms with van der Waals surface area (Å²) in [6.07, 6.45) is 1.46. The Labute approximate surface area is 123 Å². The predicted octanol–water partition coefficient (Wildman–Crippen LogP) is 4.03. The van der Waals surface area contributed by atoms with E-state index in [-0.39, 0.29) is 0 Å². The first-order valence-electron chi connectivity index (χ1n) is 5.90. The highest BCUT2D eigenvalue weighted by Crippen LogP contribution is 2.19. The number of hydrogen-bond acceptors (Lipinski definition) is 3. The van der Waals surface area contributed by atoms with Gasteiger partial charge in [-0.15, -0.1) is 0 Å². The third-order valence-electron chi connectivity index (χ3n) is 2.60. The maximum atomic E-state index is 11.9. The van der Waals surface area contributed by atoms with E-state index in [4.69, 9.17) is 15.8 Å². The number of halogens is 1. The molecule has 0 aliphatic rings. The Balaban J connectivity index is 2.15. The van der Waals surface area contributed by atoms with Gasteiger partial charge < -0.3 is 4.18 Å². The summed E-state index contributed by atoms with van der Waals surface area (Å²) >= 11 is 5.76. The molecule has 0 atom stereocenters. The maximum absolute atomic E-state index is 11.9. The van der Waals surface area contributed by atoms with Gasteiger partial charge in [0.25, 0.3) is 0 Å². The molecule has 0 bridgehead atoms. The molecule has 0 unspecified atom stereocenters. The van der Waals surface area contributed by atoms with Gasteiger partial charge in [0.15, 0.2) is 0 Å². The molecule has 0 heterocycles. The van der Waals surface area contributed by atoms with Crippen molar-refractivity contribution in [2.75, 3.05) is 0 Å². The molecule has 0 saturated heterocycles. The quantitative estimate of drug-likeness (QED) is 0.801. The molecule has 0 aliphatic carbocycles. The van der Waals surface area contributed by atoms with E-state index in [9.17, 15) is 8.42 Å². The monoisotopic (exact) mass is 308 g/mol. The Kier molecular flexibility index (Phi) is 4.47. The van der Waals surface area contributed by atoms with Gasteiger partial charge >= 0.3 is 10.1 Å². The van der Waals surface area contributed by atoms with Crippen molar-refractivity contribution < 1.29 is 12.6 Å². The van der Waals surface area contributed by atoms with Crippen LogP contribution in [0, 0.1) is 6.92 Å². The highest BCUT2D eigenvalue weighted by molar-refractivity contribution is 7.90. The maximum Gasteiger partial charge on any atom is 0.332 e. The van der Waals surface area contributed by atoms with Crippen LogP contribution in [-0.4, -0.2) is 8.42 Å². The van der Waals surface area contributed by atoms with Crippen molar-refractivity contribution in [1.29, 1.82) is 0 Å². The summed E-state index contributed by atoms with van der Waals surface area (Å²) in [5.41, 5.74) is 1.49. The molecule has 0 fully saturated rings. The summed E-state index contributed by atoms with van der Waals surface area (Å²) in [6.45, 7) is 1.79. The van der Waals surface area contributed by atoms with E-state index < -0.39 is 10.1 Å². The second kappa shape index (κ2) is 6.11. The molecule has 0 saturated carbocycles. The standard InChI is InChI=1S/C15H13ClO3S/c1-12-4-2-3-5-15(12)19-20(17,18)11-10-13-6-8-14(16)9-7-13/h2-11H,1H3/b11-10+. The van der Waals surface area contributed by atoms with Gasteiger partial charge in [0.2, 0.25) is 0 Å². The van der Waals surface area contributed by atoms with Crippen molar-refractivity contribution in [1.82, 2.24) is 0 Å². The molecular weight excluding hydrogens is 296 g/mol. The van der Waals surface area contributed by atoms with Crippen LogP contribution in [0.25, 0.3) is 6.08 Å². The van der Waals surface area contributed by atoms with E-state index in [0.717, 1.165) is 16.5 Å². The number of para-hydroxylation sites is 1. The minimum atomic E-state index is -3.78. The van der Waals surface area contributed by atoms with Gasteiger partial charge in [0.05, 0.1) is 5.41 Å². The predicted molar refractivity (Wildman–Crippen MR) is 81.2 cm³/mol. The molecule has 2 rings (SSSR count). The third kappa shape index (κ3) is 4.11. The van der Waals surface area contributed by atoms with Crippen LogP contribution >= 0.6 is 11.6 Å². The lowest BCUT2D eigenvalue weighted by atomic mass is 10.2. The Bertz CT molecular complexity index is 719. The Morgan fingerprint density at radius 3 is 2.35 bits per heavy atom. The zero-order valence-electron chi connectivity index (χ0n) is 10.8. The van der Waals surface area contributed by atoms with Crippen LogP contribution in [0.1, 0.15) is 11.1 Å². The van der Waals surface area contributed by atoms with Gasteiger partial charge in [0.1, 0.15) is 5.75 Å². The molecule has 0 aromatic heterocycles. The van der Waals surface area contributed by atoms with Crippen molar-refractivity contribution >= 4 is 27.8 Å². The first kappa shape index (κ1) is 14.6. The second-order valence-electron chi connectivity index (χ2n) is 4.20. The first-order chi connectivity index (χ1) is 9.46. The molecule has 0 spiro atoms. The molecule has 20 heavy (non-hydrogen) atoms. The first-order valence-corrected chi connectivity index (χ1v) is 7.75. The summed E-state index contributed by atoms with van der Waals surface area (Å²) in [5, 5.41) is 1.63. The molecule has 2 aromatic carbocycles. The summed E-state index contributed by atoms with van der Waals surface area (Å²) < 4.78 is 28.8. The van der Waals surface area contributed by atoms with Crippen molar-refractivity contribution in [2.45, 2.75) is 6.92 Å². The van der Waals surface area contributed by atoms with Crippen LogP contribution in [0.15, 0.2) is 53.9 Å². The molecular formula is C15H13ClO3S. The van der Waals surface area contributed by atoms with Crippen molar-refractivity contribution in [3.63, 3.8) is 0 Å². The van der Waals surface area contributed by atoms with Gasteiger partial charge in [-0.05, 0) is 42.3 Å². The lowest BCUT2D eigenvalue weighted by molar-refractivity contribution is 0.495. The van der Waals surface area contributed by atoms with E-state index in [1.807, 2.05) is 6.07 Å². The number of hydrogen-bond donors (Lipinski definition) is 0. The highest BCUT2D eigenvalue weighted by atomic mass is 35.5. The van der Waals surface area contributed by atoms with E-state index in [1.165, 1.54) is 6.08 Å². The molecule has 0 amide bonds. The number of aryl methyl sites for hydroxylation is 1. The average Bonchev–Trinajstić information content (AvgIpc) is 2.41. The minimum Gasteiger partial charge on any atom is -0.379 e. The van der Waals surface area contributed by atoms with Crippen LogP contribution in [0.3, 0.4) is 0 Å². The SMILES string of the molecule is Cc1ccccc1OS(=O)(=O)/C=C/c1ccc(Cl)cc1. The molecule has 3 nitrogen and oxygen atoms in total. The molecule has 2 aromatic rings. The summed E-state index contributed by atoms with van der Waals surface area (Å²) in [5.74, 6) is 0.327. The van der Waals surface area contributed by atoms with E-state index in [2.05, 4.69) is 0 Å². The van der Waals surface area contributed by atoms with Gasteiger partial charge in [-0.2, -0.15) is 8.42 Å². The van der Waals surface area contributed by atoms with E-state index in [0.29, 0.717) is 10.8 Å². The minimum absolute atomic E-state index is 0.327. The largest absolute Gasteiger partial charge is 0.379 e. The van der Waals surface area contributed by atoms with Crippen molar-refractivity contribution in [2.24, 2.45) is 0 Å². The molecule has 104 valence electrons. The number of rotatable bonds is 4. The third-order valence-corrected chi connectivity index (χ3v) is 3.73.